The van der Waals surface area contributed by atoms with Crippen LogP contribution in [0.15, 0.2) is 24.3 Å². The Morgan fingerprint density at radius 2 is 1.69 bits per heavy atom. The van der Waals surface area contributed by atoms with Crippen LogP contribution in [0.5, 0.6) is 0 Å². The summed E-state index contributed by atoms with van der Waals surface area (Å²) < 4.78 is 4.97. The Kier molecular flexibility index (Phi) is 9.15. The SMILES string of the molecule is CCOC(=O)CCC(=O)N(CCN1CCCCC1)Cc1ccc(C(C)(C)C)cc1. The maximum atomic E-state index is 12.9. The van der Waals surface area contributed by atoms with Crippen LogP contribution in [0.3, 0.4) is 0 Å². The quantitative estimate of drug-likeness (QED) is 0.583. The van der Waals surface area contributed by atoms with Crippen molar-refractivity contribution in [2.45, 2.75) is 71.8 Å². The van der Waals surface area contributed by atoms with E-state index in [4.69, 9.17) is 4.74 Å². The summed E-state index contributed by atoms with van der Waals surface area (Å²) >= 11 is 0. The third kappa shape index (κ3) is 8.17. The standard InChI is InChI=1S/C24H38N2O3/c1-5-29-23(28)14-13-22(27)26(18-17-25-15-7-6-8-16-25)19-20-9-11-21(12-10-20)24(2,3)4/h9-12H,5-8,13-19H2,1-4H3. The fourth-order valence-electron chi connectivity index (χ4n) is 3.67. The van der Waals surface area contributed by atoms with Crippen LogP contribution in [-0.2, 0) is 26.3 Å². The lowest BCUT2D eigenvalue weighted by atomic mass is 9.87. The van der Waals surface area contributed by atoms with Gasteiger partial charge in [0.15, 0.2) is 0 Å². The molecule has 0 saturated carbocycles. The second-order valence-corrected chi connectivity index (χ2v) is 8.97. The van der Waals surface area contributed by atoms with Gasteiger partial charge in [-0.3, -0.25) is 9.59 Å². The van der Waals surface area contributed by atoms with Crippen LogP contribution in [0.4, 0.5) is 0 Å². The van der Waals surface area contributed by atoms with Crippen molar-refractivity contribution < 1.29 is 14.3 Å². The minimum Gasteiger partial charge on any atom is -0.466 e. The van der Waals surface area contributed by atoms with Crippen molar-refractivity contribution in [1.82, 2.24) is 9.80 Å². The Hall–Kier alpha value is -1.88. The van der Waals surface area contributed by atoms with Crippen molar-refractivity contribution in [1.29, 1.82) is 0 Å². The zero-order valence-electron chi connectivity index (χ0n) is 18.7. The second kappa shape index (κ2) is 11.3. The van der Waals surface area contributed by atoms with Gasteiger partial charge in [-0.1, -0.05) is 51.5 Å². The van der Waals surface area contributed by atoms with Gasteiger partial charge < -0.3 is 14.5 Å². The summed E-state index contributed by atoms with van der Waals surface area (Å²) in [5, 5.41) is 0. The van der Waals surface area contributed by atoms with E-state index in [-0.39, 0.29) is 30.1 Å². The molecule has 0 radical (unpaired) electrons. The average molecular weight is 403 g/mol. The highest BCUT2D eigenvalue weighted by Gasteiger charge is 2.19. The van der Waals surface area contributed by atoms with Gasteiger partial charge in [0.2, 0.25) is 5.91 Å². The smallest absolute Gasteiger partial charge is 0.306 e. The van der Waals surface area contributed by atoms with E-state index in [1.807, 2.05) is 4.90 Å². The van der Waals surface area contributed by atoms with Crippen LogP contribution in [0.2, 0.25) is 0 Å². The monoisotopic (exact) mass is 402 g/mol. The molecular weight excluding hydrogens is 364 g/mol. The maximum Gasteiger partial charge on any atom is 0.306 e. The van der Waals surface area contributed by atoms with E-state index in [1.54, 1.807) is 6.92 Å². The first-order valence-electron chi connectivity index (χ1n) is 11.0. The molecule has 0 aromatic heterocycles. The number of amides is 1. The molecule has 1 amide bonds. The molecule has 29 heavy (non-hydrogen) atoms. The molecule has 1 aliphatic heterocycles. The highest BCUT2D eigenvalue weighted by atomic mass is 16.5. The average Bonchev–Trinajstić information content (AvgIpc) is 2.70. The number of carbonyl (C=O) groups excluding carboxylic acids is 2. The topological polar surface area (TPSA) is 49.9 Å². The van der Waals surface area contributed by atoms with Crippen molar-refractivity contribution in [3.05, 3.63) is 35.4 Å². The molecule has 5 heteroatoms. The van der Waals surface area contributed by atoms with Crippen LogP contribution in [0.25, 0.3) is 0 Å². The number of rotatable bonds is 9. The van der Waals surface area contributed by atoms with Gasteiger partial charge in [0.05, 0.1) is 13.0 Å². The normalized spacial score (nSPS) is 15.2. The summed E-state index contributed by atoms with van der Waals surface area (Å²) in [6.45, 7) is 13.1. The van der Waals surface area contributed by atoms with Gasteiger partial charge in [0, 0.05) is 26.1 Å². The first-order valence-corrected chi connectivity index (χ1v) is 11.0. The van der Waals surface area contributed by atoms with E-state index in [0.29, 0.717) is 19.7 Å². The molecule has 0 atom stereocenters. The molecule has 1 aromatic carbocycles. The number of piperidine rings is 1. The molecule has 1 aliphatic rings. The molecule has 1 saturated heterocycles. The van der Waals surface area contributed by atoms with Crippen LogP contribution in [-0.4, -0.2) is 54.5 Å². The third-order valence-electron chi connectivity index (χ3n) is 5.53. The number of benzene rings is 1. The molecule has 0 bridgehead atoms. The van der Waals surface area contributed by atoms with Gasteiger partial charge in [-0.25, -0.2) is 0 Å². The largest absolute Gasteiger partial charge is 0.466 e. The molecule has 5 nitrogen and oxygen atoms in total. The van der Waals surface area contributed by atoms with E-state index in [0.717, 1.165) is 25.2 Å². The lowest BCUT2D eigenvalue weighted by Crippen LogP contribution is -2.40. The maximum absolute atomic E-state index is 12.9. The lowest BCUT2D eigenvalue weighted by molar-refractivity contribution is -0.145. The van der Waals surface area contributed by atoms with Crippen molar-refractivity contribution >= 4 is 11.9 Å². The van der Waals surface area contributed by atoms with Gasteiger partial charge in [-0.2, -0.15) is 0 Å². The van der Waals surface area contributed by atoms with Crippen LogP contribution < -0.4 is 0 Å². The van der Waals surface area contributed by atoms with E-state index < -0.39 is 0 Å². The van der Waals surface area contributed by atoms with E-state index in [9.17, 15) is 9.59 Å². The molecule has 1 aromatic rings. The summed E-state index contributed by atoms with van der Waals surface area (Å²) in [5.74, 6) is -0.277. The van der Waals surface area contributed by atoms with E-state index in [1.165, 1.54) is 24.8 Å². The van der Waals surface area contributed by atoms with Crippen molar-refractivity contribution in [3.63, 3.8) is 0 Å². The Bertz CT molecular complexity index is 643. The van der Waals surface area contributed by atoms with Gasteiger partial charge in [0.25, 0.3) is 0 Å². The Morgan fingerprint density at radius 1 is 1.03 bits per heavy atom. The van der Waals surface area contributed by atoms with Gasteiger partial charge in [0.1, 0.15) is 0 Å². The van der Waals surface area contributed by atoms with Crippen LogP contribution >= 0.6 is 0 Å². The molecular formula is C24H38N2O3. The zero-order valence-corrected chi connectivity index (χ0v) is 18.7. The van der Waals surface area contributed by atoms with Crippen molar-refractivity contribution in [2.75, 3.05) is 32.8 Å². The predicted octanol–water partition coefficient (Wildman–Crippen LogP) is 4.14. The van der Waals surface area contributed by atoms with Crippen molar-refractivity contribution in [2.24, 2.45) is 0 Å². The van der Waals surface area contributed by atoms with Gasteiger partial charge in [-0.15, -0.1) is 0 Å². The molecule has 0 spiro atoms. The molecule has 2 rings (SSSR count). The number of likely N-dealkylation sites (tertiary alicyclic amines) is 1. The number of nitrogens with zero attached hydrogens (tertiary/aromatic N) is 2. The first kappa shape index (κ1) is 23.4. The molecule has 0 aliphatic carbocycles. The third-order valence-corrected chi connectivity index (χ3v) is 5.53. The van der Waals surface area contributed by atoms with Gasteiger partial charge >= 0.3 is 5.97 Å². The number of ether oxygens (including phenoxy) is 1. The number of hydrogen-bond donors (Lipinski definition) is 0. The molecule has 1 fully saturated rings. The molecule has 1 heterocycles. The van der Waals surface area contributed by atoms with E-state index in [2.05, 4.69) is 49.9 Å². The van der Waals surface area contributed by atoms with E-state index >= 15 is 0 Å². The van der Waals surface area contributed by atoms with Crippen LogP contribution in [0, 0.1) is 0 Å². The minimum atomic E-state index is -0.300. The number of hydrogen-bond acceptors (Lipinski definition) is 4. The lowest BCUT2D eigenvalue weighted by Gasteiger charge is -2.30. The highest BCUT2D eigenvalue weighted by molar-refractivity contribution is 5.81. The van der Waals surface area contributed by atoms with Gasteiger partial charge in [-0.05, 0) is 49.4 Å². The molecule has 0 unspecified atom stereocenters. The zero-order chi connectivity index (χ0) is 21.3. The Labute approximate surface area is 176 Å². The highest BCUT2D eigenvalue weighted by Crippen LogP contribution is 2.22. The Balaban J connectivity index is 2.00. The first-order chi connectivity index (χ1) is 13.8. The summed E-state index contributed by atoms with van der Waals surface area (Å²) in [6, 6.07) is 8.54. The van der Waals surface area contributed by atoms with Crippen LogP contribution in [0.1, 0.15) is 70.9 Å². The summed E-state index contributed by atoms with van der Waals surface area (Å²) in [7, 11) is 0. The summed E-state index contributed by atoms with van der Waals surface area (Å²) in [4.78, 5) is 28.9. The summed E-state index contributed by atoms with van der Waals surface area (Å²) in [5.41, 5.74) is 2.53. The predicted molar refractivity (Wildman–Crippen MR) is 117 cm³/mol. The minimum absolute atomic E-state index is 0.0231. The second-order valence-electron chi connectivity index (χ2n) is 8.97. The Morgan fingerprint density at radius 3 is 2.28 bits per heavy atom. The number of carbonyl (C=O) groups is 2. The molecule has 0 N–H and O–H groups in total. The summed E-state index contributed by atoms with van der Waals surface area (Å²) in [6.07, 6.45) is 4.14. The number of esters is 1. The fraction of sp³-hybridized carbons (Fsp3) is 0.667. The van der Waals surface area contributed by atoms with Crippen molar-refractivity contribution in [3.8, 4) is 0 Å². The fourth-order valence-corrected chi connectivity index (χ4v) is 3.67. The molecule has 162 valence electrons.